The zero-order valence-corrected chi connectivity index (χ0v) is 14.2. The van der Waals surface area contributed by atoms with E-state index in [0.717, 1.165) is 24.2 Å². The zero-order valence-electron chi connectivity index (χ0n) is 13.4. The lowest BCUT2D eigenvalue weighted by atomic mass is 9.97. The van der Waals surface area contributed by atoms with Crippen molar-refractivity contribution < 1.29 is 19.1 Å². The molecule has 0 bridgehead atoms. The first-order valence-corrected chi connectivity index (χ1v) is 8.24. The fourth-order valence-corrected chi connectivity index (χ4v) is 2.79. The predicted molar refractivity (Wildman–Crippen MR) is 87.6 cm³/mol. The van der Waals surface area contributed by atoms with Crippen LogP contribution in [0.15, 0.2) is 18.2 Å². The van der Waals surface area contributed by atoms with Gasteiger partial charge in [0.25, 0.3) is 5.91 Å². The first kappa shape index (κ1) is 17.6. The number of nitrogens with one attached hydrogen (secondary N) is 1. The minimum absolute atomic E-state index is 0.0817. The monoisotopic (exact) mass is 339 g/mol. The number of fused-ring (bicyclic) bond motifs is 1. The van der Waals surface area contributed by atoms with Crippen molar-refractivity contribution in [1.82, 2.24) is 5.32 Å². The van der Waals surface area contributed by atoms with Gasteiger partial charge in [-0.15, -0.1) is 0 Å². The van der Waals surface area contributed by atoms with Gasteiger partial charge >= 0.3 is 5.97 Å². The molecule has 0 fully saturated rings. The number of carbonyl (C=O) groups is 2. The van der Waals surface area contributed by atoms with E-state index in [1.165, 1.54) is 0 Å². The third kappa shape index (κ3) is 5.13. The van der Waals surface area contributed by atoms with Crippen LogP contribution < -0.4 is 10.1 Å². The predicted octanol–water partition coefficient (Wildman–Crippen LogP) is 2.74. The van der Waals surface area contributed by atoms with Crippen LogP contribution in [0.4, 0.5) is 0 Å². The summed E-state index contributed by atoms with van der Waals surface area (Å²) in [4.78, 5) is 23.8. The highest BCUT2D eigenvalue weighted by Gasteiger charge is 2.28. The largest absolute Gasteiger partial charge is 0.492 e. The van der Waals surface area contributed by atoms with Crippen LogP contribution in [-0.2, 0) is 20.7 Å². The van der Waals surface area contributed by atoms with Crippen molar-refractivity contribution in [3.63, 3.8) is 0 Å². The molecule has 0 aromatic heterocycles. The summed E-state index contributed by atoms with van der Waals surface area (Å²) in [5.74, 6) is -0.375. The topological polar surface area (TPSA) is 64.6 Å². The van der Waals surface area contributed by atoms with Crippen molar-refractivity contribution >= 4 is 23.5 Å². The van der Waals surface area contributed by atoms with Crippen LogP contribution in [0.3, 0.4) is 0 Å². The van der Waals surface area contributed by atoms with E-state index in [-0.39, 0.29) is 25.2 Å². The Morgan fingerprint density at radius 3 is 3.00 bits per heavy atom. The van der Waals surface area contributed by atoms with E-state index in [4.69, 9.17) is 21.1 Å². The van der Waals surface area contributed by atoms with Crippen molar-refractivity contribution in [3.05, 3.63) is 28.8 Å². The van der Waals surface area contributed by atoms with E-state index < -0.39 is 11.9 Å². The number of hydrogen-bond donors (Lipinski definition) is 1. The van der Waals surface area contributed by atoms with Crippen LogP contribution in [0.5, 0.6) is 5.75 Å². The Kier molecular flexibility index (Phi) is 6.28. The standard InChI is InChI=1S/C17H22ClNO4/c1-3-4-11(2)19-16(20)10-23-17(21)13-7-12-8-14(18)5-6-15(12)22-9-13/h5-6,8,11,13H,3-4,7,9-10H2,1-2H3,(H,19,20)/t11-,13+/m0/s1. The number of esters is 1. The zero-order chi connectivity index (χ0) is 16.8. The van der Waals surface area contributed by atoms with E-state index in [1.54, 1.807) is 18.2 Å². The summed E-state index contributed by atoms with van der Waals surface area (Å²) in [6.45, 7) is 3.97. The Balaban J connectivity index is 1.82. The Morgan fingerprint density at radius 1 is 1.48 bits per heavy atom. The fraction of sp³-hybridized carbons (Fsp3) is 0.529. The number of ether oxygens (including phenoxy) is 2. The van der Waals surface area contributed by atoms with E-state index >= 15 is 0 Å². The van der Waals surface area contributed by atoms with Crippen molar-refractivity contribution in [2.24, 2.45) is 5.92 Å². The first-order chi connectivity index (χ1) is 11.0. The number of halogens is 1. The third-order valence-electron chi connectivity index (χ3n) is 3.74. The molecule has 5 nitrogen and oxygen atoms in total. The average Bonchev–Trinajstić information content (AvgIpc) is 2.52. The summed E-state index contributed by atoms with van der Waals surface area (Å²) in [6.07, 6.45) is 2.39. The maximum atomic E-state index is 12.1. The molecule has 0 unspecified atom stereocenters. The van der Waals surface area contributed by atoms with Crippen molar-refractivity contribution in [2.75, 3.05) is 13.2 Å². The molecule has 1 heterocycles. The molecule has 0 saturated carbocycles. The normalized spacial score (nSPS) is 17.6. The second kappa shape index (κ2) is 8.20. The van der Waals surface area contributed by atoms with E-state index in [1.807, 2.05) is 6.92 Å². The molecule has 2 rings (SSSR count). The van der Waals surface area contributed by atoms with Crippen LogP contribution in [0.1, 0.15) is 32.3 Å². The number of amides is 1. The van der Waals surface area contributed by atoms with Crippen LogP contribution in [0, 0.1) is 5.92 Å². The molecule has 1 amide bonds. The van der Waals surface area contributed by atoms with Gasteiger partial charge in [0.2, 0.25) is 0 Å². The molecule has 1 aliphatic rings. The third-order valence-corrected chi connectivity index (χ3v) is 3.97. The summed E-state index contributed by atoms with van der Waals surface area (Å²) in [7, 11) is 0. The Hall–Kier alpha value is -1.75. The summed E-state index contributed by atoms with van der Waals surface area (Å²) >= 11 is 5.96. The summed E-state index contributed by atoms with van der Waals surface area (Å²) in [6, 6.07) is 5.41. The van der Waals surface area contributed by atoms with Crippen LogP contribution in [0.2, 0.25) is 5.02 Å². The first-order valence-electron chi connectivity index (χ1n) is 7.86. The molecule has 6 heteroatoms. The molecule has 1 aromatic carbocycles. The van der Waals surface area contributed by atoms with E-state index in [2.05, 4.69) is 12.2 Å². The smallest absolute Gasteiger partial charge is 0.313 e. The van der Waals surface area contributed by atoms with Gasteiger partial charge in [0.1, 0.15) is 12.4 Å². The van der Waals surface area contributed by atoms with Crippen LogP contribution >= 0.6 is 11.6 Å². The lowest BCUT2D eigenvalue weighted by Crippen LogP contribution is -2.37. The molecule has 126 valence electrons. The molecule has 0 radical (unpaired) electrons. The highest BCUT2D eigenvalue weighted by molar-refractivity contribution is 6.30. The lowest BCUT2D eigenvalue weighted by molar-refractivity contribution is -0.154. The Morgan fingerprint density at radius 2 is 2.26 bits per heavy atom. The van der Waals surface area contributed by atoms with Gasteiger partial charge in [0.15, 0.2) is 6.61 Å². The van der Waals surface area contributed by atoms with Gasteiger partial charge in [-0.2, -0.15) is 0 Å². The SMILES string of the molecule is CCC[C@H](C)NC(=O)COC(=O)[C@H]1COc2ccc(Cl)cc2C1. The second-order valence-electron chi connectivity index (χ2n) is 5.83. The maximum absolute atomic E-state index is 12.1. The molecular weight excluding hydrogens is 318 g/mol. The van der Waals surface area contributed by atoms with Crippen molar-refractivity contribution in [1.29, 1.82) is 0 Å². The highest BCUT2D eigenvalue weighted by atomic mass is 35.5. The molecule has 0 spiro atoms. The molecule has 0 aliphatic carbocycles. The van der Waals surface area contributed by atoms with Crippen LogP contribution in [-0.4, -0.2) is 31.1 Å². The number of hydrogen-bond acceptors (Lipinski definition) is 4. The Labute approximate surface area is 141 Å². The van der Waals surface area contributed by atoms with Gasteiger partial charge in [-0.05, 0) is 43.5 Å². The molecular formula is C17H22ClNO4. The minimum Gasteiger partial charge on any atom is -0.492 e. The summed E-state index contributed by atoms with van der Waals surface area (Å²) in [5.41, 5.74) is 0.881. The molecule has 23 heavy (non-hydrogen) atoms. The Bertz CT molecular complexity index is 576. The van der Waals surface area contributed by atoms with Gasteiger partial charge < -0.3 is 14.8 Å². The second-order valence-corrected chi connectivity index (χ2v) is 6.27. The van der Waals surface area contributed by atoms with Crippen molar-refractivity contribution in [2.45, 2.75) is 39.2 Å². The minimum atomic E-state index is -0.422. The molecule has 1 aliphatic heterocycles. The highest BCUT2D eigenvalue weighted by Crippen LogP contribution is 2.30. The van der Waals surface area contributed by atoms with Crippen molar-refractivity contribution in [3.8, 4) is 5.75 Å². The van der Waals surface area contributed by atoms with Gasteiger partial charge in [-0.3, -0.25) is 9.59 Å². The van der Waals surface area contributed by atoms with E-state index in [9.17, 15) is 9.59 Å². The fourth-order valence-electron chi connectivity index (χ4n) is 2.59. The lowest BCUT2D eigenvalue weighted by Gasteiger charge is -2.24. The quantitative estimate of drug-likeness (QED) is 0.809. The van der Waals surface area contributed by atoms with Gasteiger partial charge in [-0.1, -0.05) is 24.9 Å². The number of rotatable bonds is 6. The molecule has 1 aromatic rings. The molecule has 0 saturated heterocycles. The maximum Gasteiger partial charge on any atom is 0.313 e. The number of carbonyl (C=O) groups excluding carboxylic acids is 2. The summed E-state index contributed by atoms with van der Waals surface area (Å²) < 4.78 is 10.7. The summed E-state index contributed by atoms with van der Waals surface area (Å²) in [5, 5.41) is 3.40. The average molecular weight is 340 g/mol. The van der Waals surface area contributed by atoms with Gasteiger partial charge in [-0.25, -0.2) is 0 Å². The molecule has 1 N–H and O–H groups in total. The van der Waals surface area contributed by atoms with Crippen LogP contribution in [0.25, 0.3) is 0 Å². The van der Waals surface area contributed by atoms with Gasteiger partial charge in [0, 0.05) is 11.1 Å². The number of benzene rings is 1. The van der Waals surface area contributed by atoms with Gasteiger partial charge in [0.05, 0.1) is 5.92 Å². The van der Waals surface area contributed by atoms with E-state index in [0.29, 0.717) is 11.4 Å². The molecule has 2 atom stereocenters.